The highest BCUT2D eigenvalue weighted by molar-refractivity contribution is 6.17. The van der Waals surface area contributed by atoms with Crippen LogP contribution < -0.4 is 14.8 Å². The number of methoxy groups -OCH3 is 1. The summed E-state index contributed by atoms with van der Waals surface area (Å²) in [7, 11) is 1.49. The number of hydrogen-bond acceptors (Lipinski definition) is 7. The highest BCUT2D eigenvalue weighted by Crippen LogP contribution is 2.62. The molecule has 218 valence electrons. The number of rotatable bonds is 6. The fourth-order valence-corrected chi connectivity index (χ4v) is 7.21. The zero-order chi connectivity index (χ0) is 30.6. The van der Waals surface area contributed by atoms with Crippen molar-refractivity contribution in [1.82, 2.24) is 4.90 Å². The van der Waals surface area contributed by atoms with E-state index in [1.165, 1.54) is 14.0 Å². The third kappa shape index (κ3) is 3.91. The molecule has 1 amide bonds. The third-order valence-corrected chi connectivity index (χ3v) is 8.89. The Balaban J connectivity index is 1.49. The molecule has 1 spiro atoms. The summed E-state index contributed by atoms with van der Waals surface area (Å²) in [4.78, 5) is 57.6. The Labute approximate surface area is 253 Å². The van der Waals surface area contributed by atoms with Crippen LogP contribution in [0.15, 0.2) is 103 Å². The van der Waals surface area contributed by atoms with Crippen molar-refractivity contribution < 1.29 is 28.7 Å². The van der Waals surface area contributed by atoms with Gasteiger partial charge in [-0.2, -0.15) is 0 Å². The third-order valence-electron chi connectivity index (χ3n) is 8.89. The molecule has 4 aromatic rings. The zero-order valence-corrected chi connectivity index (χ0v) is 24.0. The molecule has 0 radical (unpaired) electrons. The first-order valence-electron chi connectivity index (χ1n) is 14.3. The number of carbonyl (C=O) groups is 4. The van der Waals surface area contributed by atoms with Crippen LogP contribution in [0, 0.1) is 5.92 Å². The van der Waals surface area contributed by atoms with Gasteiger partial charge in [-0.1, -0.05) is 54.6 Å². The minimum Gasteiger partial charge on any atom is -0.496 e. The quantitative estimate of drug-likeness (QED) is 0.179. The van der Waals surface area contributed by atoms with Crippen LogP contribution in [0.5, 0.6) is 11.5 Å². The standard InChI is InChI=1S/C36H28N2O6/c1-21(39)44-24-17-15-23(16-18-24)32(40)31-30(33(41)26-11-5-8-14-29(26)43-2)36(27-12-6-7-13-28(27)37-35(36)42)34-25-10-4-3-9-22(25)19-20-38(31)34/h3-20,30-31,34H,1-2H3,(H,37,42)/t30-,31+,34+,36-/m0/s1. The van der Waals surface area contributed by atoms with E-state index in [9.17, 15) is 19.2 Å². The Morgan fingerprint density at radius 1 is 0.841 bits per heavy atom. The van der Waals surface area contributed by atoms with Crippen LogP contribution >= 0.6 is 0 Å². The van der Waals surface area contributed by atoms with Gasteiger partial charge in [-0.15, -0.1) is 0 Å². The van der Waals surface area contributed by atoms with Crippen molar-refractivity contribution in [3.05, 3.63) is 131 Å². The van der Waals surface area contributed by atoms with Gasteiger partial charge < -0.3 is 19.7 Å². The molecule has 3 aliphatic rings. The number of hydrogen-bond donors (Lipinski definition) is 1. The summed E-state index contributed by atoms with van der Waals surface area (Å²) in [6.07, 6.45) is 3.74. The number of anilines is 1. The minimum atomic E-state index is -1.45. The summed E-state index contributed by atoms with van der Waals surface area (Å²) < 4.78 is 10.8. The molecule has 3 aliphatic heterocycles. The van der Waals surface area contributed by atoms with Crippen LogP contribution in [0.4, 0.5) is 5.69 Å². The van der Waals surface area contributed by atoms with E-state index in [2.05, 4.69) is 5.32 Å². The number of amides is 1. The Bertz CT molecular complexity index is 1880. The first-order valence-corrected chi connectivity index (χ1v) is 14.3. The summed E-state index contributed by atoms with van der Waals surface area (Å²) in [6, 6.07) is 26.6. The Morgan fingerprint density at radius 2 is 1.55 bits per heavy atom. The molecule has 44 heavy (non-hydrogen) atoms. The average Bonchev–Trinajstić information content (AvgIpc) is 3.52. The first-order chi connectivity index (χ1) is 21.4. The summed E-state index contributed by atoms with van der Waals surface area (Å²) in [6.45, 7) is 1.30. The molecule has 0 bridgehead atoms. The predicted molar refractivity (Wildman–Crippen MR) is 163 cm³/mol. The van der Waals surface area contributed by atoms with E-state index in [0.29, 0.717) is 28.3 Å². The van der Waals surface area contributed by atoms with Gasteiger partial charge in [0.2, 0.25) is 5.91 Å². The fourth-order valence-electron chi connectivity index (χ4n) is 7.21. The normalized spacial score (nSPS) is 22.5. The zero-order valence-electron chi connectivity index (χ0n) is 24.0. The van der Waals surface area contributed by atoms with Gasteiger partial charge >= 0.3 is 5.97 Å². The average molecular weight is 585 g/mol. The maximum Gasteiger partial charge on any atom is 0.308 e. The number of nitrogens with one attached hydrogen (secondary N) is 1. The van der Waals surface area contributed by atoms with Crippen molar-refractivity contribution in [2.75, 3.05) is 12.4 Å². The van der Waals surface area contributed by atoms with Crippen molar-refractivity contribution in [2.45, 2.75) is 24.4 Å². The molecule has 4 aromatic carbocycles. The van der Waals surface area contributed by atoms with E-state index in [1.807, 2.05) is 65.7 Å². The topological polar surface area (TPSA) is 102 Å². The molecule has 1 saturated heterocycles. The van der Waals surface area contributed by atoms with Crippen LogP contribution in [-0.2, 0) is 15.0 Å². The van der Waals surface area contributed by atoms with Gasteiger partial charge in [0.25, 0.3) is 0 Å². The Morgan fingerprint density at radius 3 is 2.32 bits per heavy atom. The molecule has 0 aromatic heterocycles. The molecular formula is C36H28N2O6. The Hall–Kier alpha value is -5.50. The molecule has 7 rings (SSSR count). The lowest BCUT2D eigenvalue weighted by molar-refractivity contribution is -0.131. The van der Waals surface area contributed by atoms with Gasteiger partial charge in [0.05, 0.1) is 24.6 Å². The fraction of sp³-hybridized carbons (Fsp3) is 0.167. The smallest absolute Gasteiger partial charge is 0.308 e. The van der Waals surface area contributed by atoms with Crippen molar-refractivity contribution in [1.29, 1.82) is 0 Å². The van der Waals surface area contributed by atoms with Crippen LogP contribution in [0.1, 0.15) is 50.4 Å². The van der Waals surface area contributed by atoms with Crippen molar-refractivity contribution in [2.24, 2.45) is 5.92 Å². The highest BCUT2D eigenvalue weighted by atomic mass is 16.5. The number of para-hydroxylation sites is 2. The largest absolute Gasteiger partial charge is 0.496 e. The number of esters is 1. The lowest BCUT2D eigenvalue weighted by Crippen LogP contribution is -2.49. The molecule has 8 nitrogen and oxygen atoms in total. The number of Topliss-reactive ketones (excluding diaryl/α,β-unsaturated/α-hetero) is 2. The van der Waals surface area contributed by atoms with Crippen molar-refractivity contribution >= 4 is 35.2 Å². The molecule has 0 saturated carbocycles. The van der Waals surface area contributed by atoms with E-state index in [-0.39, 0.29) is 23.0 Å². The van der Waals surface area contributed by atoms with Crippen molar-refractivity contribution in [3.63, 3.8) is 0 Å². The molecule has 0 unspecified atom stereocenters. The van der Waals surface area contributed by atoms with Gasteiger partial charge in [-0.3, -0.25) is 19.2 Å². The molecular weight excluding hydrogens is 556 g/mol. The summed E-state index contributed by atoms with van der Waals surface area (Å²) in [5.74, 6) is -2.00. The van der Waals surface area contributed by atoms with Crippen LogP contribution in [0.3, 0.4) is 0 Å². The van der Waals surface area contributed by atoms with E-state index < -0.39 is 29.4 Å². The van der Waals surface area contributed by atoms with Crippen LogP contribution in [0.25, 0.3) is 6.08 Å². The second-order valence-electron chi connectivity index (χ2n) is 11.1. The van der Waals surface area contributed by atoms with E-state index >= 15 is 0 Å². The van der Waals surface area contributed by atoms with Crippen LogP contribution in [0.2, 0.25) is 0 Å². The molecule has 0 aliphatic carbocycles. The monoisotopic (exact) mass is 584 g/mol. The molecule has 3 heterocycles. The number of benzene rings is 4. The number of ether oxygens (including phenoxy) is 2. The van der Waals surface area contributed by atoms with Gasteiger partial charge in [0.15, 0.2) is 11.6 Å². The Kier molecular flexibility index (Phi) is 6.43. The molecule has 1 fully saturated rings. The second kappa shape index (κ2) is 10.3. The highest BCUT2D eigenvalue weighted by Gasteiger charge is 2.70. The van der Waals surface area contributed by atoms with Gasteiger partial charge in [-0.05, 0) is 65.2 Å². The second-order valence-corrected chi connectivity index (χ2v) is 11.1. The maximum atomic E-state index is 15.0. The lowest BCUT2D eigenvalue weighted by Gasteiger charge is -2.38. The van der Waals surface area contributed by atoms with E-state index in [0.717, 1.165) is 11.1 Å². The SMILES string of the molecule is COc1ccccc1C(=O)[C@@H]1[C@H](C(=O)c2ccc(OC(C)=O)cc2)N2C=Cc3ccccc3[C@@H]2[C@@]12C(=O)Nc1ccccc12. The maximum absolute atomic E-state index is 15.0. The van der Waals surface area contributed by atoms with E-state index in [1.54, 1.807) is 48.5 Å². The van der Waals surface area contributed by atoms with Gasteiger partial charge in [0, 0.05) is 24.4 Å². The number of carbonyl (C=O) groups excluding carboxylic acids is 4. The molecule has 1 N–H and O–H groups in total. The van der Waals surface area contributed by atoms with Gasteiger partial charge in [-0.25, -0.2) is 0 Å². The van der Waals surface area contributed by atoms with Crippen LogP contribution in [-0.4, -0.2) is 41.5 Å². The number of fused-ring (bicyclic) bond motifs is 6. The summed E-state index contributed by atoms with van der Waals surface area (Å²) in [5.41, 5.74) is 2.19. The molecule has 8 heteroatoms. The summed E-state index contributed by atoms with van der Waals surface area (Å²) >= 11 is 0. The van der Waals surface area contributed by atoms with Gasteiger partial charge in [0.1, 0.15) is 23.0 Å². The van der Waals surface area contributed by atoms with Crippen molar-refractivity contribution in [3.8, 4) is 11.5 Å². The predicted octanol–water partition coefficient (Wildman–Crippen LogP) is 5.60. The minimum absolute atomic E-state index is 0.289. The molecule has 4 atom stereocenters. The number of ketones is 2. The number of nitrogens with zero attached hydrogens (tertiary/aromatic N) is 1. The summed E-state index contributed by atoms with van der Waals surface area (Å²) in [5, 5.41) is 3.05. The first kappa shape index (κ1) is 27.3. The van der Waals surface area contributed by atoms with E-state index in [4.69, 9.17) is 9.47 Å². The lowest BCUT2D eigenvalue weighted by atomic mass is 9.62.